The van der Waals surface area contributed by atoms with Gasteiger partial charge in [-0.15, -0.1) is 23.1 Å². The third kappa shape index (κ3) is 6.04. The fourth-order valence-corrected chi connectivity index (χ4v) is 5.74. The van der Waals surface area contributed by atoms with Gasteiger partial charge in [0, 0.05) is 50.6 Å². The summed E-state index contributed by atoms with van der Waals surface area (Å²) in [5.74, 6) is 0.813. The molecule has 3 N–H and O–H groups in total. The maximum atomic E-state index is 11.8. The number of H-pyrrole nitrogens is 1. The minimum atomic E-state index is -0.453. The summed E-state index contributed by atoms with van der Waals surface area (Å²) in [4.78, 5) is 18.9. The highest BCUT2D eigenvalue weighted by atomic mass is 32.2. The zero-order valence-electron chi connectivity index (χ0n) is 19.8. The molecule has 7 nitrogen and oxygen atoms in total. The van der Waals surface area contributed by atoms with Gasteiger partial charge in [-0.3, -0.25) is 10.4 Å². The van der Waals surface area contributed by atoms with Crippen molar-refractivity contribution in [1.82, 2.24) is 15.2 Å². The Bertz CT molecular complexity index is 1330. The van der Waals surface area contributed by atoms with E-state index >= 15 is 0 Å². The minimum Gasteiger partial charge on any atom is -0.447 e. The van der Waals surface area contributed by atoms with Crippen molar-refractivity contribution in [2.75, 3.05) is 10.6 Å². The van der Waals surface area contributed by atoms with Crippen molar-refractivity contribution >= 4 is 46.4 Å². The Morgan fingerprint density at radius 3 is 2.60 bits per heavy atom. The summed E-state index contributed by atoms with van der Waals surface area (Å²) in [5.41, 5.74) is 4.94. The smallest absolute Gasteiger partial charge is 0.411 e. The SMILES string of the molecule is Cc1cc(Nc2ccc(-c3cnc(-c4ccc(NC(=O)OC(C)C)cc4)s3)c(SC3CC3)c2)n[nH]1. The van der Waals surface area contributed by atoms with E-state index in [4.69, 9.17) is 4.74 Å². The lowest BCUT2D eigenvalue weighted by Gasteiger charge is -2.11. The van der Waals surface area contributed by atoms with Crippen LogP contribution in [0.5, 0.6) is 0 Å². The van der Waals surface area contributed by atoms with Gasteiger partial charge in [-0.2, -0.15) is 5.10 Å². The molecule has 5 rings (SSSR count). The number of anilines is 3. The third-order valence-electron chi connectivity index (χ3n) is 5.27. The normalized spacial score (nSPS) is 13.1. The first-order valence-electron chi connectivity index (χ1n) is 11.6. The van der Waals surface area contributed by atoms with Gasteiger partial charge in [-0.05, 0) is 70.0 Å². The summed E-state index contributed by atoms with van der Waals surface area (Å²) in [5, 5.41) is 15.0. The molecule has 9 heteroatoms. The van der Waals surface area contributed by atoms with Crippen molar-refractivity contribution in [3.05, 3.63) is 60.4 Å². The highest BCUT2D eigenvalue weighted by molar-refractivity contribution is 8.00. The van der Waals surface area contributed by atoms with Crippen LogP contribution in [0.1, 0.15) is 32.4 Å². The predicted molar refractivity (Wildman–Crippen MR) is 144 cm³/mol. The maximum Gasteiger partial charge on any atom is 0.411 e. The number of amides is 1. The zero-order valence-corrected chi connectivity index (χ0v) is 21.4. The molecular formula is C26H27N5O2S2. The van der Waals surface area contributed by atoms with Gasteiger partial charge in [0.1, 0.15) is 5.01 Å². The quantitative estimate of drug-likeness (QED) is 0.230. The van der Waals surface area contributed by atoms with Crippen LogP contribution in [-0.2, 0) is 4.74 Å². The number of nitrogens with zero attached hydrogens (tertiary/aromatic N) is 2. The number of benzene rings is 2. The molecule has 0 aliphatic heterocycles. The molecule has 0 bridgehead atoms. The number of rotatable bonds is 8. The van der Waals surface area contributed by atoms with Crippen LogP contribution < -0.4 is 10.6 Å². The molecule has 0 atom stereocenters. The highest BCUT2D eigenvalue weighted by Gasteiger charge is 2.24. The minimum absolute atomic E-state index is 0.162. The number of ether oxygens (including phenoxy) is 1. The molecule has 1 saturated carbocycles. The van der Waals surface area contributed by atoms with E-state index < -0.39 is 6.09 Å². The van der Waals surface area contributed by atoms with Crippen molar-refractivity contribution in [2.45, 2.75) is 49.9 Å². The Labute approximate surface area is 212 Å². The van der Waals surface area contributed by atoms with Gasteiger partial charge in [-0.1, -0.05) is 6.07 Å². The first-order valence-corrected chi connectivity index (χ1v) is 13.3. The van der Waals surface area contributed by atoms with Crippen molar-refractivity contribution in [3.63, 3.8) is 0 Å². The summed E-state index contributed by atoms with van der Waals surface area (Å²) in [6, 6.07) is 16.1. The van der Waals surface area contributed by atoms with Gasteiger partial charge in [0.25, 0.3) is 0 Å². The number of carbonyl (C=O) groups is 1. The van der Waals surface area contributed by atoms with Crippen LogP contribution in [0.25, 0.3) is 21.0 Å². The third-order valence-corrected chi connectivity index (χ3v) is 7.75. The van der Waals surface area contributed by atoms with Gasteiger partial charge in [0.2, 0.25) is 0 Å². The second kappa shape index (κ2) is 10.1. The van der Waals surface area contributed by atoms with E-state index in [9.17, 15) is 4.79 Å². The number of nitrogens with one attached hydrogen (secondary N) is 3. The molecule has 1 fully saturated rings. The first kappa shape index (κ1) is 23.4. The van der Waals surface area contributed by atoms with Gasteiger partial charge in [-0.25, -0.2) is 9.78 Å². The Kier molecular flexibility index (Phi) is 6.79. The number of aryl methyl sites for hydroxylation is 1. The van der Waals surface area contributed by atoms with Crippen LogP contribution >= 0.6 is 23.1 Å². The van der Waals surface area contributed by atoms with E-state index in [-0.39, 0.29) is 6.10 Å². The first-order chi connectivity index (χ1) is 16.9. The van der Waals surface area contributed by atoms with Crippen LogP contribution in [-0.4, -0.2) is 32.6 Å². The highest BCUT2D eigenvalue weighted by Crippen LogP contribution is 2.45. The van der Waals surface area contributed by atoms with Gasteiger partial charge in [0.05, 0.1) is 11.0 Å². The Balaban J connectivity index is 1.34. The number of aromatic amines is 1. The number of thiazole rings is 1. The summed E-state index contributed by atoms with van der Waals surface area (Å²) < 4.78 is 5.14. The van der Waals surface area contributed by atoms with Crippen LogP contribution in [0.15, 0.2) is 59.6 Å². The fraction of sp³-hybridized carbons (Fsp3) is 0.269. The maximum absolute atomic E-state index is 11.8. The standard InChI is InChI=1S/C26H27N5O2S2/c1-15(2)33-26(32)29-18-6-4-17(5-7-18)25-27-14-23(35-25)21-11-8-19(13-22(21)34-20-9-10-20)28-24-12-16(3)30-31-24/h4-8,11-15,20H,9-10H2,1-3H3,(H,29,32)(H2,28,30,31). The molecule has 0 saturated heterocycles. The second-order valence-electron chi connectivity index (χ2n) is 8.78. The molecule has 180 valence electrons. The number of aromatic nitrogens is 3. The van der Waals surface area contributed by atoms with Crippen LogP contribution in [0.3, 0.4) is 0 Å². The number of carbonyl (C=O) groups excluding carboxylic acids is 1. The van der Waals surface area contributed by atoms with Crippen molar-refractivity contribution in [2.24, 2.45) is 0 Å². The molecule has 2 heterocycles. The molecule has 1 amide bonds. The Morgan fingerprint density at radius 2 is 1.91 bits per heavy atom. The number of thioether (sulfide) groups is 1. The van der Waals surface area contributed by atoms with Crippen LogP contribution in [0, 0.1) is 6.92 Å². The lowest BCUT2D eigenvalue weighted by Crippen LogP contribution is -2.17. The van der Waals surface area contributed by atoms with Crippen LogP contribution in [0.4, 0.5) is 22.0 Å². The monoisotopic (exact) mass is 505 g/mol. The number of hydrogen-bond acceptors (Lipinski definition) is 7. The molecule has 35 heavy (non-hydrogen) atoms. The molecule has 1 aliphatic carbocycles. The average molecular weight is 506 g/mol. The summed E-state index contributed by atoms with van der Waals surface area (Å²) >= 11 is 3.60. The number of hydrogen-bond donors (Lipinski definition) is 3. The molecule has 1 aliphatic rings. The van der Waals surface area contributed by atoms with E-state index in [1.165, 1.54) is 23.3 Å². The lowest BCUT2D eigenvalue weighted by molar-refractivity contribution is 0.130. The second-order valence-corrected chi connectivity index (χ2v) is 11.1. The fourth-order valence-electron chi connectivity index (χ4n) is 3.49. The van der Waals surface area contributed by atoms with E-state index in [1.807, 2.05) is 69.1 Å². The Hall–Kier alpha value is -3.30. The van der Waals surface area contributed by atoms with Gasteiger partial charge < -0.3 is 10.1 Å². The molecule has 2 aromatic carbocycles. The van der Waals surface area contributed by atoms with Crippen molar-refractivity contribution < 1.29 is 9.53 Å². The molecule has 0 radical (unpaired) electrons. The molecular weight excluding hydrogens is 478 g/mol. The van der Waals surface area contributed by atoms with Gasteiger partial charge >= 0.3 is 6.09 Å². The molecule has 0 spiro atoms. The largest absolute Gasteiger partial charge is 0.447 e. The summed E-state index contributed by atoms with van der Waals surface area (Å²) in [6.07, 6.45) is 3.86. The van der Waals surface area contributed by atoms with Crippen molar-refractivity contribution in [1.29, 1.82) is 0 Å². The summed E-state index contributed by atoms with van der Waals surface area (Å²) in [6.45, 7) is 5.63. The lowest BCUT2D eigenvalue weighted by atomic mass is 10.2. The van der Waals surface area contributed by atoms with Crippen LogP contribution in [0.2, 0.25) is 0 Å². The molecule has 4 aromatic rings. The zero-order chi connectivity index (χ0) is 24.4. The van der Waals surface area contributed by atoms with E-state index in [2.05, 4.69) is 44.0 Å². The van der Waals surface area contributed by atoms with Gasteiger partial charge in [0.15, 0.2) is 5.82 Å². The topological polar surface area (TPSA) is 91.9 Å². The van der Waals surface area contributed by atoms with E-state index in [0.717, 1.165) is 32.6 Å². The average Bonchev–Trinajstić information content (AvgIpc) is 3.32. The van der Waals surface area contributed by atoms with Crippen molar-refractivity contribution in [3.8, 4) is 21.0 Å². The van der Waals surface area contributed by atoms with E-state index in [0.29, 0.717) is 10.9 Å². The van der Waals surface area contributed by atoms with E-state index in [1.54, 1.807) is 11.3 Å². The molecule has 2 aromatic heterocycles. The summed E-state index contributed by atoms with van der Waals surface area (Å²) in [7, 11) is 0. The Morgan fingerprint density at radius 1 is 1.14 bits per heavy atom. The predicted octanol–water partition coefficient (Wildman–Crippen LogP) is 7.46. The molecule has 0 unspecified atom stereocenters.